The van der Waals surface area contributed by atoms with E-state index in [2.05, 4.69) is 10.5 Å². The molecule has 7 nitrogen and oxygen atoms in total. The number of hydrogen-bond acceptors (Lipinski definition) is 6. The van der Waals surface area contributed by atoms with Crippen LogP contribution in [0.15, 0.2) is 59.1 Å². The van der Waals surface area contributed by atoms with E-state index in [1.165, 1.54) is 0 Å². The number of hydrogen-bond donors (Lipinski definition) is 1. The molecule has 0 fully saturated rings. The highest BCUT2D eigenvalue weighted by molar-refractivity contribution is 6.03. The summed E-state index contributed by atoms with van der Waals surface area (Å²) in [6, 6.07) is 15.3. The Morgan fingerprint density at radius 1 is 1.10 bits per heavy atom. The SMILES string of the molecule is CCCCOC(=O)c1ccc(NC(=O)c2cc(-c3ccccc3OC)on2)cc1. The van der Waals surface area contributed by atoms with Gasteiger partial charge in [0.05, 0.1) is 24.8 Å². The van der Waals surface area contributed by atoms with E-state index in [0.29, 0.717) is 34.9 Å². The molecule has 3 aromatic rings. The molecule has 0 aliphatic rings. The number of rotatable bonds is 8. The first-order chi connectivity index (χ1) is 14.1. The van der Waals surface area contributed by atoms with E-state index < -0.39 is 5.91 Å². The predicted octanol–water partition coefficient (Wildman–Crippen LogP) is 4.56. The normalized spacial score (nSPS) is 10.4. The molecule has 2 aromatic carbocycles. The van der Waals surface area contributed by atoms with Crippen molar-refractivity contribution in [3.8, 4) is 17.1 Å². The van der Waals surface area contributed by atoms with Crippen LogP contribution in [0.1, 0.15) is 40.6 Å². The van der Waals surface area contributed by atoms with E-state index >= 15 is 0 Å². The zero-order chi connectivity index (χ0) is 20.6. The summed E-state index contributed by atoms with van der Waals surface area (Å²) in [5.41, 5.74) is 1.79. The van der Waals surface area contributed by atoms with E-state index in [-0.39, 0.29) is 11.7 Å². The van der Waals surface area contributed by atoms with Crippen molar-refractivity contribution in [2.45, 2.75) is 19.8 Å². The summed E-state index contributed by atoms with van der Waals surface area (Å²) < 4.78 is 15.8. The predicted molar refractivity (Wildman–Crippen MR) is 108 cm³/mol. The molecule has 0 unspecified atom stereocenters. The maximum absolute atomic E-state index is 12.4. The molecule has 0 bridgehead atoms. The third-order valence-corrected chi connectivity index (χ3v) is 4.22. The molecule has 7 heteroatoms. The first kappa shape index (κ1) is 20.1. The monoisotopic (exact) mass is 394 g/mol. The zero-order valence-corrected chi connectivity index (χ0v) is 16.3. The summed E-state index contributed by atoms with van der Waals surface area (Å²) in [7, 11) is 1.56. The first-order valence-electron chi connectivity index (χ1n) is 9.31. The smallest absolute Gasteiger partial charge is 0.338 e. The van der Waals surface area contributed by atoms with Crippen molar-refractivity contribution in [1.82, 2.24) is 5.16 Å². The van der Waals surface area contributed by atoms with E-state index in [1.54, 1.807) is 43.5 Å². The van der Waals surface area contributed by atoms with Crippen LogP contribution in [-0.2, 0) is 4.74 Å². The molecule has 1 heterocycles. The number of amides is 1. The van der Waals surface area contributed by atoms with Crippen LogP contribution in [0.2, 0.25) is 0 Å². The molecule has 1 N–H and O–H groups in total. The average molecular weight is 394 g/mol. The van der Waals surface area contributed by atoms with Crippen LogP contribution in [0, 0.1) is 0 Å². The fraction of sp³-hybridized carbons (Fsp3) is 0.227. The summed E-state index contributed by atoms with van der Waals surface area (Å²) in [6.45, 7) is 2.42. The Kier molecular flexibility index (Phi) is 6.63. The average Bonchev–Trinajstić information content (AvgIpc) is 3.24. The molecule has 0 saturated carbocycles. The van der Waals surface area contributed by atoms with Gasteiger partial charge < -0.3 is 19.3 Å². The minimum atomic E-state index is -0.423. The summed E-state index contributed by atoms with van der Waals surface area (Å²) in [5.74, 6) is 0.247. The van der Waals surface area contributed by atoms with Gasteiger partial charge in [-0.05, 0) is 42.8 Å². The van der Waals surface area contributed by atoms with Crippen LogP contribution in [0.3, 0.4) is 0 Å². The number of unbranched alkanes of at least 4 members (excludes halogenated alkanes) is 1. The number of carbonyl (C=O) groups excluding carboxylic acids is 2. The minimum Gasteiger partial charge on any atom is -0.496 e. The number of benzene rings is 2. The van der Waals surface area contributed by atoms with Crippen molar-refractivity contribution in [1.29, 1.82) is 0 Å². The fourth-order valence-corrected chi connectivity index (χ4v) is 2.63. The number of aromatic nitrogens is 1. The Balaban J connectivity index is 1.65. The van der Waals surface area contributed by atoms with Gasteiger partial charge in [0.25, 0.3) is 5.91 Å². The van der Waals surface area contributed by atoms with Gasteiger partial charge in [0.2, 0.25) is 0 Å². The number of ether oxygens (including phenoxy) is 2. The van der Waals surface area contributed by atoms with Gasteiger partial charge in [0, 0.05) is 11.8 Å². The molecule has 0 atom stereocenters. The zero-order valence-electron chi connectivity index (χ0n) is 16.3. The van der Waals surface area contributed by atoms with Crippen molar-refractivity contribution >= 4 is 17.6 Å². The van der Waals surface area contributed by atoms with Crippen LogP contribution < -0.4 is 10.1 Å². The van der Waals surface area contributed by atoms with Gasteiger partial charge in [0.15, 0.2) is 11.5 Å². The largest absolute Gasteiger partial charge is 0.496 e. The molecule has 3 rings (SSSR count). The molecule has 1 amide bonds. The maximum Gasteiger partial charge on any atom is 0.338 e. The van der Waals surface area contributed by atoms with E-state index in [9.17, 15) is 9.59 Å². The van der Waals surface area contributed by atoms with Crippen LogP contribution in [0.5, 0.6) is 5.75 Å². The van der Waals surface area contributed by atoms with Crippen molar-refractivity contribution in [3.63, 3.8) is 0 Å². The minimum absolute atomic E-state index is 0.133. The summed E-state index contributed by atoms with van der Waals surface area (Å²) in [4.78, 5) is 24.4. The summed E-state index contributed by atoms with van der Waals surface area (Å²) in [6.07, 6.45) is 1.79. The molecule has 29 heavy (non-hydrogen) atoms. The fourth-order valence-electron chi connectivity index (χ4n) is 2.63. The van der Waals surface area contributed by atoms with E-state index in [0.717, 1.165) is 12.8 Å². The molecule has 0 saturated heterocycles. The van der Waals surface area contributed by atoms with Gasteiger partial charge >= 0.3 is 5.97 Å². The molecule has 0 aliphatic heterocycles. The number of para-hydroxylation sites is 1. The van der Waals surface area contributed by atoms with Crippen molar-refractivity contribution in [2.75, 3.05) is 19.0 Å². The quantitative estimate of drug-likeness (QED) is 0.445. The lowest BCUT2D eigenvalue weighted by Crippen LogP contribution is -2.12. The van der Waals surface area contributed by atoms with Crippen molar-refractivity contribution in [3.05, 3.63) is 65.9 Å². The van der Waals surface area contributed by atoms with Crippen LogP contribution >= 0.6 is 0 Å². The van der Waals surface area contributed by atoms with Crippen LogP contribution in [0.4, 0.5) is 5.69 Å². The molecule has 0 aliphatic carbocycles. The van der Waals surface area contributed by atoms with Gasteiger partial charge in [-0.25, -0.2) is 4.79 Å². The second kappa shape index (κ2) is 9.54. The highest BCUT2D eigenvalue weighted by atomic mass is 16.5. The Hall–Kier alpha value is -3.61. The highest BCUT2D eigenvalue weighted by Gasteiger charge is 2.16. The number of carbonyl (C=O) groups is 2. The molecule has 1 aromatic heterocycles. The molecular formula is C22H22N2O5. The van der Waals surface area contributed by atoms with Gasteiger partial charge in [-0.3, -0.25) is 4.79 Å². The van der Waals surface area contributed by atoms with Gasteiger partial charge in [-0.15, -0.1) is 0 Å². The van der Waals surface area contributed by atoms with Crippen molar-refractivity contribution in [2.24, 2.45) is 0 Å². The Bertz CT molecular complexity index is 979. The Morgan fingerprint density at radius 3 is 2.59 bits per heavy atom. The number of anilines is 1. The van der Waals surface area contributed by atoms with Gasteiger partial charge in [0.1, 0.15) is 5.75 Å². The maximum atomic E-state index is 12.4. The molecular weight excluding hydrogens is 372 g/mol. The number of nitrogens with zero attached hydrogens (tertiary/aromatic N) is 1. The third kappa shape index (κ3) is 5.01. The van der Waals surface area contributed by atoms with Gasteiger partial charge in [-0.2, -0.15) is 0 Å². The van der Waals surface area contributed by atoms with Crippen LogP contribution in [-0.4, -0.2) is 30.7 Å². The highest BCUT2D eigenvalue weighted by Crippen LogP contribution is 2.30. The number of esters is 1. The molecule has 150 valence electrons. The Morgan fingerprint density at radius 2 is 1.86 bits per heavy atom. The molecule has 0 spiro atoms. The summed E-state index contributed by atoms with van der Waals surface area (Å²) >= 11 is 0. The van der Waals surface area contributed by atoms with E-state index in [4.69, 9.17) is 14.0 Å². The lowest BCUT2D eigenvalue weighted by molar-refractivity contribution is 0.0499. The summed E-state index contributed by atoms with van der Waals surface area (Å²) in [5, 5.41) is 6.56. The Labute approximate surface area is 168 Å². The van der Waals surface area contributed by atoms with Crippen molar-refractivity contribution < 1.29 is 23.6 Å². The number of nitrogens with one attached hydrogen (secondary N) is 1. The lowest BCUT2D eigenvalue weighted by Gasteiger charge is -2.06. The standard InChI is InChI=1S/C22H22N2O5/c1-3-4-13-28-22(26)15-9-11-16(12-10-15)23-21(25)18-14-20(29-24-18)17-7-5-6-8-19(17)27-2/h5-12,14H,3-4,13H2,1-2H3,(H,23,25). The topological polar surface area (TPSA) is 90.7 Å². The number of methoxy groups -OCH3 is 1. The van der Waals surface area contributed by atoms with Gasteiger partial charge in [-0.1, -0.05) is 30.6 Å². The van der Waals surface area contributed by atoms with Crippen LogP contribution in [0.25, 0.3) is 11.3 Å². The molecule has 0 radical (unpaired) electrons. The second-order valence-electron chi connectivity index (χ2n) is 6.30. The first-order valence-corrected chi connectivity index (χ1v) is 9.31. The second-order valence-corrected chi connectivity index (χ2v) is 6.30. The lowest BCUT2D eigenvalue weighted by atomic mass is 10.1. The van der Waals surface area contributed by atoms with E-state index in [1.807, 2.05) is 25.1 Å². The third-order valence-electron chi connectivity index (χ3n) is 4.22.